The zero-order valence-corrected chi connectivity index (χ0v) is 29.1. The van der Waals surface area contributed by atoms with Crippen molar-refractivity contribution < 1.29 is 51.0 Å². The van der Waals surface area contributed by atoms with Gasteiger partial charge in [0.2, 0.25) is 0 Å². The third kappa shape index (κ3) is 6.03. The van der Waals surface area contributed by atoms with Crippen LogP contribution in [-0.2, 0) is 31.6 Å². The van der Waals surface area contributed by atoms with Crippen molar-refractivity contribution in [2.45, 2.75) is 32.6 Å². The Morgan fingerprint density at radius 1 is 0.636 bits per heavy atom. The van der Waals surface area contributed by atoms with E-state index >= 15 is 0 Å². The Kier molecular flexibility index (Phi) is 10.6. The van der Waals surface area contributed by atoms with Crippen molar-refractivity contribution in [3.63, 3.8) is 0 Å². The topological polar surface area (TPSA) is 0 Å². The van der Waals surface area contributed by atoms with Crippen LogP contribution in [0.4, 0.5) is 0 Å². The summed E-state index contributed by atoms with van der Waals surface area (Å²) in [5, 5.41) is 4.96. The van der Waals surface area contributed by atoms with Crippen LogP contribution in [0.1, 0.15) is 60.6 Å². The summed E-state index contributed by atoms with van der Waals surface area (Å²) in [7, 11) is 0. The molecule has 5 aromatic rings. The van der Waals surface area contributed by atoms with E-state index in [4.69, 9.17) is 0 Å². The van der Waals surface area contributed by atoms with E-state index in [0.717, 1.165) is 6.42 Å². The van der Waals surface area contributed by atoms with Crippen LogP contribution in [-0.4, -0.2) is 0 Å². The average molecular weight is 688 g/mol. The van der Waals surface area contributed by atoms with Gasteiger partial charge in [-0.3, -0.25) is 0 Å². The molecule has 0 saturated carbocycles. The molecule has 0 amide bonds. The first-order chi connectivity index (χ1) is 20.0. The summed E-state index contributed by atoms with van der Waals surface area (Å²) >= 11 is 0. The molecule has 0 spiro atoms. The molecule has 0 unspecified atom stereocenters. The summed E-state index contributed by atoms with van der Waals surface area (Å²) in [6.07, 6.45) is 9.43. The smallest absolute Gasteiger partial charge is 1.00 e. The Balaban J connectivity index is 0.00000147. The van der Waals surface area contributed by atoms with Crippen LogP contribution in [0.5, 0.6) is 0 Å². The predicted molar refractivity (Wildman–Crippen MR) is 173 cm³/mol. The van der Waals surface area contributed by atoms with E-state index in [1.54, 1.807) is 0 Å². The normalized spacial score (nSPS) is 12.7. The van der Waals surface area contributed by atoms with Crippen molar-refractivity contribution in [1.82, 2.24) is 0 Å². The van der Waals surface area contributed by atoms with Crippen LogP contribution in [0, 0.1) is 10.4 Å². The van der Waals surface area contributed by atoms with E-state index in [2.05, 4.69) is 160 Å². The molecule has 0 aliphatic heterocycles. The average Bonchev–Trinajstić information content (AvgIpc) is 3.63. The van der Waals surface area contributed by atoms with E-state index in [1.165, 1.54) is 71.0 Å². The fourth-order valence-electron chi connectivity index (χ4n) is 6.49. The van der Waals surface area contributed by atoms with Crippen molar-refractivity contribution >= 4 is 22.8 Å². The van der Waals surface area contributed by atoms with Crippen LogP contribution in [0.3, 0.4) is 0 Å². The maximum absolute atomic E-state index is 3.86. The molecule has 0 atom stereocenters. The molecule has 7 rings (SSSR count). The number of hydrogen-bond acceptors (Lipinski definition) is 0. The largest absolute Gasteiger partial charge is 3.00 e. The van der Waals surface area contributed by atoms with E-state index < -0.39 is 0 Å². The molecule has 2 aliphatic carbocycles. The van der Waals surface area contributed by atoms with Gasteiger partial charge >= 0.3 is 26.2 Å². The minimum atomic E-state index is 0. The first kappa shape index (κ1) is 33.7. The van der Waals surface area contributed by atoms with Gasteiger partial charge in [-0.1, -0.05) is 159 Å². The molecule has 0 heterocycles. The van der Waals surface area contributed by atoms with Crippen LogP contribution in [0.2, 0.25) is 0 Å². The first-order valence-corrected chi connectivity index (χ1v) is 14.5. The molecule has 0 bridgehead atoms. The number of benzene rings is 5. The van der Waals surface area contributed by atoms with Crippen LogP contribution in [0.25, 0.3) is 22.8 Å². The van der Waals surface area contributed by atoms with E-state index in [-0.39, 0.29) is 56.4 Å². The van der Waals surface area contributed by atoms with Crippen LogP contribution in [0.15, 0.2) is 133 Å². The summed E-state index contributed by atoms with van der Waals surface area (Å²) in [6.45, 7) is 6.93. The summed E-state index contributed by atoms with van der Waals surface area (Å²) < 4.78 is 0. The molecule has 0 N–H and O–H groups in total. The van der Waals surface area contributed by atoms with Gasteiger partial charge in [0.05, 0.1) is 0 Å². The quantitative estimate of drug-likeness (QED) is 0.250. The second kappa shape index (κ2) is 13.8. The van der Waals surface area contributed by atoms with Crippen LogP contribution < -0.4 is 35.3 Å². The zero-order chi connectivity index (χ0) is 28.0. The van der Waals surface area contributed by atoms with Gasteiger partial charge in [-0.15, -0.1) is 33.4 Å². The minimum Gasteiger partial charge on any atom is -1.00 e. The Labute approximate surface area is 292 Å². The SMILES string of the molecule is CC(C)(C)c1ccccc1C1=C(c2c3c(ccc2=C(c2ccccc2)c2ccccc2)=c2ccccc2=[C-]3)CC=C1.[Cl-].[Cl-].[Zr+3]. The molecule has 0 aromatic heterocycles. The fourth-order valence-corrected chi connectivity index (χ4v) is 6.49. The molecule has 2 aliphatic rings. The summed E-state index contributed by atoms with van der Waals surface area (Å²) in [4.78, 5) is 0. The molecule has 3 heteroatoms. The van der Waals surface area contributed by atoms with Gasteiger partial charge in [0.1, 0.15) is 0 Å². The molecule has 5 aromatic carbocycles. The van der Waals surface area contributed by atoms with E-state index in [9.17, 15) is 0 Å². The second-order valence-electron chi connectivity index (χ2n) is 12.0. The Bertz CT molecular complexity index is 2040. The van der Waals surface area contributed by atoms with Gasteiger partial charge in [-0.2, -0.15) is 0 Å². The molecule has 44 heavy (non-hydrogen) atoms. The van der Waals surface area contributed by atoms with Crippen LogP contribution >= 0.6 is 0 Å². The van der Waals surface area contributed by atoms with Gasteiger partial charge in [0.25, 0.3) is 0 Å². The van der Waals surface area contributed by atoms with Gasteiger partial charge in [-0.05, 0) is 50.5 Å². The third-order valence-electron chi connectivity index (χ3n) is 8.34. The number of allylic oxidation sites excluding steroid dienone is 4. The first-order valence-electron chi connectivity index (χ1n) is 14.5. The Morgan fingerprint density at radius 3 is 1.89 bits per heavy atom. The van der Waals surface area contributed by atoms with E-state index in [0.29, 0.717) is 0 Å². The van der Waals surface area contributed by atoms with Gasteiger partial charge in [0.15, 0.2) is 0 Å². The summed E-state index contributed by atoms with van der Waals surface area (Å²) in [5.74, 6) is 0. The Hall–Kier alpha value is -3.22. The predicted octanol–water partition coefficient (Wildman–Crippen LogP) is 2.41. The summed E-state index contributed by atoms with van der Waals surface area (Å²) in [5.41, 5.74) is 11.6. The summed E-state index contributed by atoms with van der Waals surface area (Å²) in [6, 6.07) is 44.0. The number of hydrogen-bond donors (Lipinski definition) is 0. The molecular weight excluding hydrogens is 655 g/mol. The molecule has 0 fully saturated rings. The fraction of sp³-hybridized carbons (Fsp3) is 0.122. The number of rotatable bonds is 4. The molecule has 0 nitrogen and oxygen atoms in total. The monoisotopic (exact) mass is 685 g/mol. The van der Waals surface area contributed by atoms with Crippen molar-refractivity contribution in [2.75, 3.05) is 0 Å². The molecule has 0 saturated heterocycles. The molecular formula is C41H33Cl2Zr. The molecule has 1 radical (unpaired) electrons. The standard InChI is InChI=1S/C41H33.2ClH.Zr/c1-41(2,3)38-24-13-12-21-34(38)32-22-14-23-35(32)40-36(26-25-33-31-20-11-10-19-30(31)27-37(33)40)39(28-15-6-4-7-16-28)29-17-8-5-9-18-29;;;/h4-22,24-26H,23H2,1-3H3;2*1H;/q-1;;;+3/p-2. The number of halogens is 2. The maximum Gasteiger partial charge on any atom is 3.00 e. The minimum absolute atomic E-state index is 0. The van der Waals surface area contributed by atoms with Crippen molar-refractivity contribution in [3.05, 3.63) is 188 Å². The zero-order valence-electron chi connectivity index (χ0n) is 25.2. The maximum atomic E-state index is 3.86. The third-order valence-corrected chi connectivity index (χ3v) is 8.34. The van der Waals surface area contributed by atoms with Crippen molar-refractivity contribution in [1.29, 1.82) is 0 Å². The van der Waals surface area contributed by atoms with Gasteiger partial charge in [0, 0.05) is 0 Å². The van der Waals surface area contributed by atoms with Gasteiger partial charge < -0.3 is 24.8 Å². The van der Waals surface area contributed by atoms with Crippen molar-refractivity contribution in [3.8, 4) is 0 Å². The Morgan fingerprint density at radius 2 is 1.23 bits per heavy atom. The number of fused-ring (bicyclic) bond motifs is 2. The van der Waals surface area contributed by atoms with Crippen molar-refractivity contribution in [2.24, 2.45) is 0 Å². The second-order valence-corrected chi connectivity index (χ2v) is 12.0. The molecule has 215 valence electrons. The van der Waals surface area contributed by atoms with Gasteiger partial charge in [-0.25, -0.2) is 0 Å². The van der Waals surface area contributed by atoms with E-state index in [1.807, 2.05) is 0 Å².